The second-order valence-corrected chi connectivity index (χ2v) is 3.76. The summed E-state index contributed by atoms with van der Waals surface area (Å²) in [7, 11) is 1.61. The minimum absolute atomic E-state index is 0.0381. The second kappa shape index (κ2) is 6.11. The van der Waals surface area contributed by atoms with E-state index in [2.05, 4.69) is 13.5 Å². The third kappa shape index (κ3) is 3.23. The first kappa shape index (κ1) is 12.5. The van der Waals surface area contributed by atoms with Gasteiger partial charge in [-0.05, 0) is 42.7 Å². The molecule has 1 aromatic rings. The number of benzene rings is 1. The molecule has 0 aliphatic carbocycles. The molecule has 0 atom stereocenters. The first-order chi connectivity index (χ1) is 7.69. The van der Waals surface area contributed by atoms with Crippen molar-refractivity contribution in [2.75, 3.05) is 7.11 Å². The number of ketones is 1. The summed E-state index contributed by atoms with van der Waals surface area (Å²) >= 11 is 0. The SMILES string of the molecule is C=C(CCCC)C(=O)c1ccc(OC)cc1. The van der Waals surface area contributed by atoms with Crippen LogP contribution in [0.15, 0.2) is 36.4 Å². The minimum Gasteiger partial charge on any atom is -0.497 e. The predicted molar refractivity (Wildman–Crippen MR) is 66.0 cm³/mol. The molecule has 0 aliphatic rings. The van der Waals surface area contributed by atoms with E-state index < -0.39 is 0 Å². The van der Waals surface area contributed by atoms with Crippen molar-refractivity contribution in [2.45, 2.75) is 26.2 Å². The summed E-state index contributed by atoms with van der Waals surface area (Å²) in [6.07, 6.45) is 2.87. The maximum Gasteiger partial charge on any atom is 0.188 e. The topological polar surface area (TPSA) is 26.3 Å². The Hall–Kier alpha value is -1.57. The van der Waals surface area contributed by atoms with Gasteiger partial charge in [0.2, 0.25) is 0 Å². The van der Waals surface area contributed by atoms with Gasteiger partial charge in [0.05, 0.1) is 7.11 Å². The molecule has 0 aliphatic heterocycles. The van der Waals surface area contributed by atoms with Gasteiger partial charge in [-0.15, -0.1) is 0 Å². The summed E-state index contributed by atoms with van der Waals surface area (Å²) in [6.45, 7) is 5.93. The molecule has 0 radical (unpaired) electrons. The summed E-state index contributed by atoms with van der Waals surface area (Å²) in [5.41, 5.74) is 1.37. The summed E-state index contributed by atoms with van der Waals surface area (Å²) in [5.74, 6) is 0.798. The molecule has 0 unspecified atom stereocenters. The van der Waals surface area contributed by atoms with E-state index in [1.54, 1.807) is 31.4 Å². The number of ether oxygens (including phenoxy) is 1. The van der Waals surface area contributed by atoms with Crippen molar-refractivity contribution in [2.24, 2.45) is 0 Å². The van der Waals surface area contributed by atoms with E-state index in [1.165, 1.54) is 0 Å². The fourth-order valence-corrected chi connectivity index (χ4v) is 1.45. The molecule has 0 aromatic heterocycles. The van der Waals surface area contributed by atoms with Gasteiger partial charge >= 0.3 is 0 Å². The monoisotopic (exact) mass is 218 g/mol. The zero-order valence-corrected chi connectivity index (χ0v) is 9.95. The van der Waals surface area contributed by atoms with Gasteiger partial charge in [0, 0.05) is 5.56 Å². The Kier molecular flexibility index (Phi) is 4.77. The van der Waals surface area contributed by atoms with Crippen LogP contribution >= 0.6 is 0 Å². The fourth-order valence-electron chi connectivity index (χ4n) is 1.45. The molecule has 0 saturated carbocycles. The van der Waals surface area contributed by atoms with Crippen LogP contribution in [0.5, 0.6) is 5.75 Å². The Morgan fingerprint density at radius 1 is 1.31 bits per heavy atom. The molecule has 86 valence electrons. The molecule has 2 heteroatoms. The van der Waals surface area contributed by atoms with Gasteiger partial charge < -0.3 is 4.74 Å². The molecule has 0 N–H and O–H groups in total. The van der Waals surface area contributed by atoms with Gasteiger partial charge in [0.1, 0.15) is 5.75 Å². The zero-order valence-electron chi connectivity index (χ0n) is 9.95. The molecule has 0 saturated heterocycles. The van der Waals surface area contributed by atoms with Crippen molar-refractivity contribution in [3.8, 4) is 5.75 Å². The molecule has 0 amide bonds. The number of allylic oxidation sites excluding steroid dienone is 1. The number of unbranched alkanes of at least 4 members (excludes halogenated alkanes) is 1. The maximum atomic E-state index is 11.9. The molecule has 1 aromatic carbocycles. The van der Waals surface area contributed by atoms with E-state index in [0.717, 1.165) is 25.0 Å². The summed E-state index contributed by atoms with van der Waals surface area (Å²) in [6, 6.07) is 7.14. The molecule has 0 heterocycles. The van der Waals surface area contributed by atoms with Crippen LogP contribution < -0.4 is 4.74 Å². The van der Waals surface area contributed by atoms with Gasteiger partial charge in [-0.3, -0.25) is 4.79 Å². The van der Waals surface area contributed by atoms with Crippen LogP contribution in [0, 0.1) is 0 Å². The van der Waals surface area contributed by atoms with E-state index in [4.69, 9.17) is 4.74 Å². The van der Waals surface area contributed by atoms with Crippen molar-refractivity contribution in [3.05, 3.63) is 42.0 Å². The van der Waals surface area contributed by atoms with E-state index in [1.807, 2.05) is 0 Å². The van der Waals surface area contributed by atoms with Gasteiger partial charge in [-0.2, -0.15) is 0 Å². The normalized spacial score (nSPS) is 9.88. The zero-order chi connectivity index (χ0) is 12.0. The average molecular weight is 218 g/mol. The van der Waals surface area contributed by atoms with Crippen LogP contribution in [0.1, 0.15) is 36.5 Å². The van der Waals surface area contributed by atoms with Crippen LogP contribution in [-0.4, -0.2) is 12.9 Å². The van der Waals surface area contributed by atoms with Crippen molar-refractivity contribution >= 4 is 5.78 Å². The number of carbonyl (C=O) groups is 1. The lowest BCUT2D eigenvalue weighted by Crippen LogP contribution is -2.02. The van der Waals surface area contributed by atoms with E-state index >= 15 is 0 Å². The lowest BCUT2D eigenvalue weighted by atomic mass is 10.0. The maximum absolute atomic E-state index is 11.9. The molecular formula is C14H18O2. The van der Waals surface area contributed by atoms with E-state index in [-0.39, 0.29) is 5.78 Å². The minimum atomic E-state index is 0.0381. The van der Waals surface area contributed by atoms with Crippen LogP contribution in [0.4, 0.5) is 0 Å². The highest BCUT2D eigenvalue weighted by Crippen LogP contribution is 2.16. The van der Waals surface area contributed by atoms with Crippen molar-refractivity contribution in [1.29, 1.82) is 0 Å². The summed E-state index contributed by atoms with van der Waals surface area (Å²) < 4.78 is 5.04. The first-order valence-corrected chi connectivity index (χ1v) is 5.55. The smallest absolute Gasteiger partial charge is 0.188 e. The van der Waals surface area contributed by atoms with Crippen LogP contribution in [0.3, 0.4) is 0 Å². The lowest BCUT2D eigenvalue weighted by molar-refractivity contribution is 0.103. The van der Waals surface area contributed by atoms with Gasteiger partial charge in [-0.25, -0.2) is 0 Å². The molecular weight excluding hydrogens is 200 g/mol. The fraction of sp³-hybridized carbons (Fsp3) is 0.357. The molecule has 0 bridgehead atoms. The number of methoxy groups -OCH3 is 1. The third-order valence-corrected chi connectivity index (χ3v) is 2.51. The van der Waals surface area contributed by atoms with Gasteiger partial charge in [0.15, 0.2) is 5.78 Å². The standard InChI is InChI=1S/C14H18O2/c1-4-5-6-11(2)14(15)12-7-9-13(16-3)10-8-12/h7-10H,2,4-6H2,1,3H3. The highest BCUT2D eigenvalue weighted by Gasteiger charge is 2.09. The van der Waals surface area contributed by atoms with Crippen LogP contribution in [0.2, 0.25) is 0 Å². The first-order valence-electron chi connectivity index (χ1n) is 5.55. The van der Waals surface area contributed by atoms with E-state index in [0.29, 0.717) is 11.1 Å². The number of hydrogen-bond donors (Lipinski definition) is 0. The number of Topliss-reactive ketones (excluding diaryl/α,β-unsaturated/α-hetero) is 1. The van der Waals surface area contributed by atoms with E-state index in [9.17, 15) is 4.79 Å². The van der Waals surface area contributed by atoms with Gasteiger partial charge in [0.25, 0.3) is 0 Å². The number of rotatable bonds is 6. The van der Waals surface area contributed by atoms with Crippen molar-refractivity contribution in [3.63, 3.8) is 0 Å². The third-order valence-electron chi connectivity index (χ3n) is 2.51. The molecule has 2 nitrogen and oxygen atoms in total. The molecule has 0 spiro atoms. The van der Waals surface area contributed by atoms with Gasteiger partial charge in [-0.1, -0.05) is 19.9 Å². The number of hydrogen-bond acceptors (Lipinski definition) is 2. The molecule has 16 heavy (non-hydrogen) atoms. The van der Waals surface area contributed by atoms with Crippen LogP contribution in [-0.2, 0) is 0 Å². The highest BCUT2D eigenvalue weighted by molar-refractivity contribution is 6.08. The Balaban J connectivity index is 2.68. The average Bonchev–Trinajstić information content (AvgIpc) is 2.35. The largest absolute Gasteiger partial charge is 0.497 e. The summed E-state index contributed by atoms with van der Waals surface area (Å²) in [4.78, 5) is 11.9. The number of carbonyl (C=O) groups excluding carboxylic acids is 1. The highest BCUT2D eigenvalue weighted by atomic mass is 16.5. The molecule has 1 rings (SSSR count). The summed E-state index contributed by atoms with van der Waals surface area (Å²) in [5, 5.41) is 0. The quantitative estimate of drug-likeness (QED) is 0.538. The Morgan fingerprint density at radius 2 is 1.94 bits per heavy atom. The van der Waals surface area contributed by atoms with Crippen molar-refractivity contribution < 1.29 is 9.53 Å². The predicted octanol–water partition coefficient (Wildman–Crippen LogP) is 3.62. The lowest BCUT2D eigenvalue weighted by Gasteiger charge is -2.05. The Labute approximate surface area is 96.9 Å². The molecule has 0 fully saturated rings. The Bertz CT molecular complexity index is 363. The Morgan fingerprint density at radius 3 is 2.44 bits per heavy atom. The van der Waals surface area contributed by atoms with Crippen molar-refractivity contribution in [1.82, 2.24) is 0 Å². The van der Waals surface area contributed by atoms with Crippen LogP contribution in [0.25, 0.3) is 0 Å². The second-order valence-electron chi connectivity index (χ2n) is 3.76.